The van der Waals surface area contributed by atoms with Crippen molar-refractivity contribution in [3.05, 3.63) is 52.6 Å². The van der Waals surface area contributed by atoms with Crippen LogP contribution in [-0.4, -0.2) is 88.1 Å². The molecule has 17 heteroatoms. The zero-order chi connectivity index (χ0) is 33.9. The number of piperazine rings is 1. The van der Waals surface area contributed by atoms with Crippen molar-refractivity contribution < 1.29 is 33.3 Å². The van der Waals surface area contributed by atoms with Gasteiger partial charge in [0.1, 0.15) is 41.4 Å². The first kappa shape index (κ1) is 33.5. The van der Waals surface area contributed by atoms with Crippen molar-refractivity contribution in [2.45, 2.75) is 35.9 Å². The number of thiazole rings is 1. The molecular weight excluding hydrogens is 680 g/mol. The number of nitrogens with two attached hydrogens (primary N) is 1. The molecule has 3 aliphatic heterocycles. The number of hydrogen-bond donors (Lipinski definition) is 4. The average molecular weight is 712 g/mol. The van der Waals surface area contributed by atoms with Gasteiger partial charge in [0, 0.05) is 60.1 Å². The van der Waals surface area contributed by atoms with Crippen molar-refractivity contribution in [1.82, 2.24) is 20.5 Å². The number of amides is 2. The van der Waals surface area contributed by atoms with Crippen LogP contribution in [0.1, 0.15) is 18.7 Å². The SMILES string of the molecule is C#CC(O/N=C\C(=O)NC1C(=O)N2C(C(=O)O)=C(CSc3cc[n+](CC)c4cc(N5CCNCC5)c(F)cc34)CSC12)c1csc(N)n1. The minimum absolute atomic E-state index is 0.103. The number of halogens is 1. The number of nitrogen functional groups attached to an aromatic ring is 1. The van der Waals surface area contributed by atoms with E-state index in [0.717, 1.165) is 35.1 Å². The molecule has 2 amide bonds. The molecule has 3 aromatic rings. The highest BCUT2D eigenvalue weighted by atomic mass is 32.2. The molecule has 250 valence electrons. The Hall–Kier alpha value is -4.37. The summed E-state index contributed by atoms with van der Waals surface area (Å²) in [6.45, 7) is 5.72. The largest absolute Gasteiger partial charge is 0.477 e. The maximum absolute atomic E-state index is 15.5. The van der Waals surface area contributed by atoms with Crippen LogP contribution >= 0.6 is 34.9 Å². The molecule has 0 bridgehead atoms. The molecular formula is C31H32FN8O5S3+. The zero-order valence-corrected chi connectivity index (χ0v) is 28.2. The molecule has 48 heavy (non-hydrogen) atoms. The average Bonchev–Trinajstić information content (AvgIpc) is 3.53. The number of terminal acetylenes is 1. The number of aliphatic carboxylic acids is 1. The molecule has 0 radical (unpaired) electrons. The zero-order valence-electron chi connectivity index (χ0n) is 25.7. The number of aryl methyl sites for hydroxylation is 1. The van der Waals surface area contributed by atoms with E-state index in [-0.39, 0.29) is 17.3 Å². The third-order valence-electron chi connectivity index (χ3n) is 8.09. The number of rotatable bonds is 11. The molecule has 5 heterocycles. The molecule has 2 saturated heterocycles. The first-order valence-electron chi connectivity index (χ1n) is 15.0. The van der Waals surface area contributed by atoms with Crippen LogP contribution < -0.4 is 25.8 Å². The van der Waals surface area contributed by atoms with Gasteiger partial charge in [0.25, 0.3) is 11.8 Å². The Labute approximate surface area is 287 Å². The van der Waals surface area contributed by atoms with E-state index in [1.165, 1.54) is 39.8 Å². The number of thioether (sulfide) groups is 2. The number of β-lactam (4-membered cyclic amide) rings is 1. The van der Waals surface area contributed by atoms with E-state index in [1.54, 1.807) is 11.4 Å². The van der Waals surface area contributed by atoms with Crippen LogP contribution in [0.2, 0.25) is 0 Å². The van der Waals surface area contributed by atoms with Crippen molar-refractivity contribution in [2.24, 2.45) is 5.16 Å². The molecule has 0 saturated carbocycles. The van der Waals surface area contributed by atoms with E-state index < -0.39 is 35.3 Å². The summed E-state index contributed by atoms with van der Waals surface area (Å²) in [6.07, 6.45) is 7.30. The summed E-state index contributed by atoms with van der Waals surface area (Å²) in [4.78, 5) is 51.4. The third kappa shape index (κ3) is 6.65. The normalized spacial score (nSPS) is 20.0. The molecule has 6 rings (SSSR count). The van der Waals surface area contributed by atoms with Gasteiger partial charge in [-0.3, -0.25) is 14.5 Å². The Morgan fingerprint density at radius 1 is 1.42 bits per heavy atom. The fourth-order valence-electron chi connectivity index (χ4n) is 5.74. The van der Waals surface area contributed by atoms with Gasteiger partial charge in [0.15, 0.2) is 11.3 Å². The van der Waals surface area contributed by atoms with E-state index >= 15 is 4.39 Å². The van der Waals surface area contributed by atoms with Crippen molar-refractivity contribution in [3.63, 3.8) is 0 Å². The highest BCUT2D eigenvalue weighted by Crippen LogP contribution is 2.42. The van der Waals surface area contributed by atoms with E-state index in [9.17, 15) is 19.5 Å². The number of aromatic nitrogens is 2. The van der Waals surface area contributed by atoms with Crippen LogP contribution in [0.3, 0.4) is 0 Å². The van der Waals surface area contributed by atoms with E-state index in [0.29, 0.717) is 47.5 Å². The summed E-state index contributed by atoms with van der Waals surface area (Å²) in [5.74, 6) is 0.158. The maximum Gasteiger partial charge on any atom is 0.352 e. The number of hydrogen-bond acceptors (Lipinski definition) is 12. The van der Waals surface area contributed by atoms with Crippen molar-refractivity contribution >= 4 is 80.6 Å². The fraction of sp³-hybridized carbons (Fsp3) is 0.355. The lowest BCUT2D eigenvalue weighted by Crippen LogP contribution is -2.70. The van der Waals surface area contributed by atoms with Crippen LogP contribution in [0.4, 0.5) is 15.2 Å². The minimum atomic E-state index is -1.24. The van der Waals surface area contributed by atoms with Gasteiger partial charge in [0.2, 0.25) is 11.6 Å². The summed E-state index contributed by atoms with van der Waals surface area (Å²) >= 11 is 3.93. The number of pyridine rings is 1. The van der Waals surface area contributed by atoms with Crippen molar-refractivity contribution in [3.8, 4) is 12.3 Å². The van der Waals surface area contributed by atoms with E-state index in [1.807, 2.05) is 30.2 Å². The number of carboxylic acid groups (broad SMARTS) is 1. The Balaban J connectivity index is 1.14. The van der Waals surface area contributed by atoms with Crippen LogP contribution in [0.25, 0.3) is 10.9 Å². The van der Waals surface area contributed by atoms with E-state index in [4.69, 9.17) is 17.0 Å². The standard InChI is InChI=1S/C31H31FN8O5S3/c1-3-23(20-16-48-31(33)36-20)45-35-13-25(41)37-26-28(42)40-27(30(43)44)17(15-47-29(26)40)14-46-24-5-8-38(4-2)21-12-22(19(32)11-18(21)24)39-9-6-34-7-10-39/h1,5,8,11-13,16,23,26,29,34H,4,6-7,9-10,14-15H2,2H3,(H3-,33,36,37,41,43,44)/p+1/b35-13-. The predicted octanol–water partition coefficient (Wildman–Crippen LogP) is 1.94. The van der Waals surface area contributed by atoms with Gasteiger partial charge in [-0.1, -0.05) is 11.1 Å². The molecule has 5 N–H and O–H groups in total. The number of carbonyl (C=O) groups excluding carboxylic acids is 2. The lowest BCUT2D eigenvalue weighted by molar-refractivity contribution is -0.668. The van der Waals surface area contributed by atoms with Crippen molar-refractivity contribution in [2.75, 3.05) is 48.3 Å². The number of benzene rings is 1. The summed E-state index contributed by atoms with van der Waals surface area (Å²) in [5.41, 5.74) is 7.90. The molecule has 0 spiro atoms. The molecule has 0 aliphatic carbocycles. The fourth-order valence-corrected chi connectivity index (χ4v) is 8.84. The second-order valence-electron chi connectivity index (χ2n) is 11.0. The summed E-state index contributed by atoms with van der Waals surface area (Å²) in [6, 6.07) is 4.40. The molecule has 2 aromatic heterocycles. The highest BCUT2D eigenvalue weighted by molar-refractivity contribution is 8.01. The molecule has 1 aromatic carbocycles. The Kier molecular flexibility index (Phi) is 10.1. The number of fused-ring (bicyclic) bond motifs is 2. The number of oxime groups is 1. The first-order chi connectivity index (χ1) is 23.2. The van der Waals surface area contributed by atoms with Crippen LogP contribution in [0, 0.1) is 18.2 Å². The minimum Gasteiger partial charge on any atom is -0.477 e. The monoisotopic (exact) mass is 711 g/mol. The Morgan fingerprint density at radius 3 is 2.90 bits per heavy atom. The summed E-state index contributed by atoms with van der Waals surface area (Å²) < 4.78 is 17.5. The van der Waals surface area contributed by atoms with Gasteiger partial charge >= 0.3 is 5.97 Å². The predicted molar refractivity (Wildman–Crippen MR) is 183 cm³/mol. The summed E-state index contributed by atoms with van der Waals surface area (Å²) in [7, 11) is 0. The Morgan fingerprint density at radius 2 is 2.21 bits per heavy atom. The smallest absolute Gasteiger partial charge is 0.352 e. The molecule has 3 atom stereocenters. The molecule has 13 nitrogen and oxygen atoms in total. The maximum atomic E-state index is 15.5. The van der Waals surface area contributed by atoms with Crippen molar-refractivity contribution in [1.29, 1.82) is 0 Å². The third-order valence-corrected chi connectivity index (χ3v) is 11.3. The van der Waals surface area contributed by atoms with Crippen LogP contribution in [0.5, 0.6) is 0 Å². The van der Waals surface area contributed by atoms with Crippen LogP contribution in [-0.2, 0) is 25.8 Å². The van der Waals surface area contributed by atoms with E-state index in [2.05, 4.69) is 31.3 Å². The van der Waals surface area contributed by atoms with Crippen LogP contribution in [0.15, 0.2) is 51.1 Å². The topological polar surface area (TPSA) is 166 Å². The summed E-state index contributed by atoms with van der Waals surface area (Å²) in [5, 5.41) is 21.7. The number of carboxylic acids is 1. The number of nitrogens with zero attached hydrogens (tertiary/aromatic N) is 5. The number of carbonyl (C=O) groups is 3. The number of anilines is 2. The molecule has 2 fully saturated rings. The second kappa shape index (κ2) is 14.4. The Bertz CT molecular complexity index is 1870. The van der Waals surface area contributed by atoms with Gasteiger partial charge in [-0.15, -0.1) is 41.3 Å². The number of nitrogens with one attached hydrogen (secondary N) is 2. The lowest BCUT2D eigenvalue weighted by atomic mass is 10.0. The lowest BCUT2D eigenvalue weighted by Gasteiger charge is -2.49. The second-order valence-corrected chi connectivity index (χ2v) is 14.0. The van der Waals surface area contributed by atoms with Gasteiger partial charge in [0.05, 0.1) is 11.1 Å². The van der Waals surface area contributed by atoms with Gasteiger partial charge < -0.3 is 31.2 Å². The molecule has 3 aliphatic rings. The quantitative estimate of drug-likeness (QED) is 0.0574. The first-order valence-corrected chi connectivity index (χ1v) is 17.9. The van der Waals surface area contributed by atoms with Gasteiger partial charge in [-0.25, -0.2) is 14.2 Å². The molecule has 3 unspecified atom stereocenters. The van der Waals surface area contributed by atoms with Gasteiger partial charge in [-0.2, -0.15) is 4.57 Å². The van der Waals surface area contributed by atoms with Gasteiger partial charge in [-0.05, 0) is 18.6 Å². The highest BCUT2D eigenvalue weighted by Gasteiger charge is 2.54.